The van der Waals surface area contributed by atoms with Crippen LogP contribution in [0.5, 0.6) is 5.75 Å². The van der Waals surface area contributed by atoms with Gasteiger partial charge in [0.05, 0.1) is 13.0 Å². The predicted molar refractivity (Wildman–Crippen MR) is 67.6 cm³/mol. The highest BCUT2D eigenvalue weighted by atomic mass is 19.1. The maximum absolute atomic E-state index is 13.9. The number of carboxylic acids is 1. The van der Waals surface area contributed by atoms with Crippen LogP contribution in [-0.2, 0) is 16.9 Å². The monoisotopic (exact) mass is 254 g/mol. The molecule has 0 fully saturated rings. The summed E-state index contributed by atoms with van der Waals surface area (Å²) in [5.41, 5.74) is -0.209. The van der Waals surface area contributed by atoms with Gasteiger partial charge in [-0.3, -0.25) is 4.79 Å². The Morgan fingerprint density at radius 1 is 1.50 bits per heavy atom. The van der Waals surface area contributed by atoms with Crippen molar-refractivity contribution in [3.63, 3.8) is 0 Å². The second-order valence-electron chi connectivity index (χ2n) is 4.94. The lowest BCUT2D eigenvalue weighted by Crippen LogP contribution is -2.14. The van der Waals surface area contributed by atoms with Crippen molar-refractivity contribution in [3.8, 4) is 5.75 Å². The lowest BCUT2D eigenvalue weighted by Gasteiger charge is -2.18. The third kappa shape index (κ3) is 3.45. The first-order chi connectivity index (χ1) is 8.25. The minimum Gasteiger partial charge on any atom is -0.496 e. The molecule has 1 atom stereocenters. The summed E-state index contributed by atoms with van der Waals surface area (Å²) in [5, 5.41) is 8.92. The number of aliphatic carboxylic acids is 1. The SMILES string of the molecule is COc1ccc(C(C)(C)F)cc1CC(C)C(=O)O. The lowest BCUT2D eigenvalue weighted by atomic mass is 9.93. The van der Waals surface area contributed by atoms with Crippen molar-refractivity contribution in [1.82, 2.24) is 0 Å². The Labute approximate surface area is 107 Å². The Hall–Kier alpha value is -1.58. The fourth-order valence-corrected chi connectivity index (χ4v) is 1.73. The number of hydrogen-bond acceptors (Lipinski definition) is 2. The highest BCUT2D eigenvalue weighted by Gasteiger charge is 2.21. The summed E-state index contributed by atoms with van der Waals surface area (Å²) >= 11 is 0. The van der Waals surface area contributed by atoms with Crippen LogP contribution in [-0.4, -0.2) is 18.2 Å². The van der Waals surface area contributed by atoms with Gasteiger partial charge in [0.25, 0.3) is 0 Å². The van der Waals surface area contributed by atoms with Gasteiger partial charge in [-0.15, -0.1) is 0 Å². The van der Waals surface area contributed by atoms with Crippen LogP contribution in [0.1, 0.15) is 31.9 Å². The molecule has 0 aromatic heterocycles. The van der Waals surface area contributed by atoms with Gasteiger partial charge in [-0.2, -0.15) is 0 Å². The number of alkyl halides is 1. The van der Waals surface area contributed by atoms with E-state index in [9.17, 15) is 9.18 Å². The number of benzene rings is 1. The number of rotatable bonds is 5. The van der Waals surface area contributed by atoms with E-state index in [1.54, 1.807) is 25.1 Å². The van der Waals surface area contributed by atoms with E-state index in [4.69, 9.17) is 9.84 Å². The normalized spacial score (nSPS) is 13.2. The van der Waals surface area contributed by atoms with E-state index in [1.807, 2.05) is 0 Å². The van der Waals surface area contributed by atoms with Crippen molar-refractivity contribution in [2.75, 3.05) is 7.11 Å². The summed E-state index contributed by atoms with van der Waals surface area (Å²) in [6, 6.07) is 5.02. The molecule has 0 aliphatic carbocycles. The molecular weight excluding hydrogens is 235 g/mol. The molecule has 0 bridgehead atoms. The molecule has 0 radical (unpaired) electrons. The number of halogens is 1. The summed E-state index contributed by atoms with van der Waals surface area (Å²) < 4.78 is 19.1. The van der Waals surface area contributed by atoms with E-state index >= 15 is 0 Å². The molecule has 0 saturated heterocycles. The van der Waals surface area contributed by atoms with Gasteiger partial charge in [-0.1, -0.05) is 13.0 Å². The van der Waals surface area contributed by atoms with Crippen LogP contribution in [0.3, 0.4) is 0 Å². The van der Waals surface area contributed by atoms with E-state index in [0.717, 1.165) is 5.56 Å². The van der Waals surface area contributed by atoms with Crippen molar-refractivity contribution in [2.24, 2.45) is 5.92 Å². The van der Waals surface area contributed by atoms with Gasteiger partial charge in [-0.05, 0) is 43.5 Å². The maximum Gasteiger partial charge on any atom is 0.306 e. The van der Waals surface area contributed by atoms with Gasteiger partial charge < -0.3 is 9.84 Å². The van der Waals surface area contributed by atoms with Crippen LogP contribution in [0, 0.1) is 5.92 Å². The fourth-order valence-electron chi connectivity index (χ4n) is 1.73. The summed E-state index contributed by atoms with van der Waals surface area (Å²) in [6.07, 6.45) is 0.322. The highest BCUT2D eigenvalue weighted by molar-refractivity contribution is 5.70. The molecule has 0 saturated carbocycles. The summed E-state index contributed by atoms with van der Waals surface area (Å²) in [7, 11) is 1.52. The number of ether oxygens (including phenoxy) is 1. The van der Waals surface area contributed by atoms with Crippen molar-refractivity contribution >= 4 is 5.97 Å². The van der Waals surface area contributed by atoms with Crippen LogP contribution >= 0.6 is 0 Å². The highest BCUT2D eigenvalue weighted by Crippen LogP contribution is 2.30. The van der Waals surface area contributed by atoms with Crippen LogP contribution in [0.15, 0.2) is 18.2 Å². The molecule has 4 heteroatoms. The first-order valence-electron chi connectivity index (χ1n) is 5.84. The molecule has 0 spiro atoms. The molecule has 0 aliphatic rings. The average molecular weight is 254 g/mol. The second kappa shape index (κ2) is 5.38. The van der Waals surface area contributed by atoms with E-state index in [1.165, 1.54) is 21.0 Å². The molecule has 1 aromatic rings. The van der Waals surface area contributed by atoms with E-state index in [0.29, 0.717) is 17.7 Å². The van der Waals surface area contributed by atoms with Crippen LogP contribution in [0.2, 0.25) is 0 Å². The number of methoxy groups -OCH3 is 1. The molecule has 1 aromatic carbocycles. The Morgan fingerprint density at radius 3 is 2.56 bits per heavy atom. The number of hydrogen-bond donors (Lipinski definition) is 1. The molecule has 1 unspecified atom stereocenters. The molecule has 3 nitrogen and oxygen atoms in total. The zero-order chi connectivity index (χ0) is 13.9. The maximum atomic E-state index is 13.9. The summed E-state index contributed by atoms with van der Waals surface area (Å²) in [5.74, 6) is -0.810. The molecule has 0 aliphatic heterocycles. The van der Waals surface area contributed by atoms with Gasteiger partial charge in [0.1, 0.15) is 11.4 Å². The molecule has 1 N–H and O–H groups in total. The summed E-state index contributed by atoms with van der Waals surface area (Å²) in [6.45, 7) is 4.56. The van der Waals surface area contributed by atoms with Gasteiger partial charge in [-0.25, -0.2) is 4.39 Å². The van der Waals surface area contributed by atoms with Crippen LogP contribution in [0.25, 0.3) is 0 Å². The van der Waals surface area contributed by atoms with Crippen LogP contribution in [0.4, 0.5) is 4.39 Å². The third-order valence-electron chi connectivity index (χ3n) is 2.91. The second-order valence-corrected chi connectivity index (χ2v) is 4.94. The van der Waals surface area contributed by atoms with Gasteiger partial charge >= 0.3 is 5.97 Å². The Morgan fingerprint density at radius 2 is 2.11 bits per heavy atom. The Bertz CT molecular complexity index is 435. The quantitative estimate of drug-likeness (QED) is 0.878. The van der Waals surface area contributed by atoms with E-state index in [-0.39, 0.29) is 0 Å². The van der Waals surface area contributed by atoms with Gasteiger partial charge in [0, 0.05) is 0 Å². The van der Waals surface area contributed by atoms with Gasteiger partial charge in [0.2, 0.25) is 0 Å². The zero-order valence-electron chi connectivity index (χ0n) is 11.2. The minimum atomic E-state index is -1.45. The lowest BCUT2D eigenvalue weighted by molar-refractivity contribution is -0.141. The molecule has 1 rings (SSSR count). The molecule has 0 amide bonds. The third-order valence-corrected chi connectivity index (χ3v) is 2.91. The number of carboxylic acid groups (broad SMARTS) is 1. The summed E-state index contributed by atoms with van der Waals surface area (Å²) in [4.78, 5) is 10.9. The smallest absolute Gasteiger partial charge is 0.306 e. The topological polar surface area (TPSA) is 46.5 Å². The van der Waals surface area contributed by atoms with Crippen molar-refractivity contribution in [1.29, 1.82) is 0 Å². The van der Waals surface area contributed by atoms with Crippen molar-refractivity contribution in [3.05, 3.63) is 29.3 Å². The fraction of sp³-hybridized carbons (Fsp3) is 0.500. The zero-order valence-corrected chi connectivity index (χ0v) is 11.2. The first kappa shape index (κ1) is 14.5. The molecule has 18 heavy (non-hydrogen) atoms. The molecular formula is C14H19FO3. The Kier molecular flexibility index (Phi) is 4.33. The van der Waals surface area contributed by atoms with E-state index in [2.05, 4.69) is 0 Å². The predicted octanol–water partition coefficient (Wildman–Crippen LogP) is 3.16. The van der Waals surface area contributed by atoms with Crippen LogP contribution < -0.4 is 4.74 Å². The minimum absolute atomic E-state index is 0.322. The molecule has 0 heterocycles. The Balaban J connectivity index is 3.10. The standard InChI is InChI=1S/C14H19FO3/c1-9(13(16)17)7-10-8-11(14(2,3)15)5-6-12(10)18-4/h5-6,8-9H,7H2,1-4H3,(H,16,17). The van der Waals surface area contributed by atoms with E-state index < -0.39 is 17.6 Å². The number of carbonyl (C=O) groups is 1. The van der Waals surface area contributed by atoms with Gasteiger partial charge in [0.15, 0.2) is 0 Å². The van der Waals surface area contributed by atoms with Crippen molar-refractivity contribution < 1.29 is 19.0 Å². The largest absolute Gasteiger partial charge is 0.496 e. The van der Waals surface area contributed by atoms with Crippen molar-refractivity contribution in [2.45, 2.75) is 32.9 Å². The average Bonchev–Trinajstić information content (AvgIpc) is 2.27. The molecule has 100 valence electrons. The first-order valence-corrected chi connectivity index (χ1v) is 5.84.